The zero-order valence-corrected chi connectivity index (χ0v) is 18.4. The molecule has 1 aliphatic heterocycles. The van der Waals surface area contributed by atoms with Crippen molar-refractivity contribution >= 4 is 46.1 Å². The quantitative estimate of drug-likeness (QED) is 0.279. The highest BCUT2D eigenvalue weighted by Gasteiger charge is 2.39. The van der Waals surface area contributed by atoms with Crippen LogP contribution in [0.1, 0.15) is 11.1 Å². The maximum Gasteiger partial charge on any atom is 0.270 e. The Hall–Kier alpha value is -4.38. The van der Waals surface area contributed by atoms with E-state index in [1.165, 1.54) is 47.1 Å². The number of amidine groups is 1. The van der Waals surface area contributed by atoms with Gasteiger partial charge in [-0.1, -0.05) is 54.2 Å². The zero-order valence-electron chi connectivity index (χ0n) is 17.6. The summed E-state index contributed by atoms with van der Waals surface area (Å²) in [6.45, 7) is 0. The standard InChI is InChI=1S/C23H17N5O5S/c29-22-21(14-16-6-4-10-19(12-16)27(30)31)34-23(26(22)18-8-2-1-3-9-18)25-24-15-17-7-5-11-20(13-17)28(32)33/h1-13,15,21H,14H2/b24-15-,25-23+/t21-/m0/s1. The van der Waals surface area contributed by atoms with Crippen molar-refractivity contribution in [2.45, 2.75) is 11.7 Å². The van der Waals surface area contributed by atoms with E-state index >= 15 is 0 Å². The van der Waals surface area contributed by atoms with Crippen molar-refractivity contribution in [2.24, 2.45) is 10.2 Å². The molecule has 0 radical (unpaired) electrons. The predicted octanol–water partition coefficient (Wildman–Crippen LogP) is 4.58. The predicted molar refractivity (Wildman–Crippen MR) is 130 cm³/mol. The first kappa shape index (κ1) is 22.8. The van der Waals surface area contributed by atoms with Gasteiger partial charge in [-0.3, -0.25) is 29.9 Å². The van der Waals surface area contributed by atoms with Crippen molar-refractivity contribution in [3.63, 3.8) is 0 Å². The summed E-state index contributed by atoms with van der Waals surface area (Å²) in [6, 6.07) is 21.1. The number of nitro groups is 2. The largest absolute Gasteiger partial charge is 0.273 e. The lowest BCUT2D eigenvalue weighted by atomic mass is 10.1. The fraction of sp³-hybridized carbons (Fsp3) is 0.0870. The van der Waals surface area contributed by atoms with Crippen LogP contribution in [0.3, 0.4) is 0 Å². The van der Waals surface area contributed by atoms with E-state index in [1.807, 2.05) is 6.07 Å². The van der Waals surface area contributed by atoms with E-state index in [-0.39, 0.29) is 23.7 Å². The molecule has 0 saturated carbocycles. The molecule has 1 amide bonds. The summed E-state index contributed by atoms with van der Waals surface area (Å²) >= 11 is 1.21. The smallest absolute Gasteiger partial charge is 0.270 e. The molecule has 11 heteroatoms. The first-order valence-electron chi connectivity index (χ1n) is 10.1. The van der Waals surface area contributed by atoms with Crippen LogP contribution in [-0.4, -0.2) is 32.4 Å². The highest BCUT2D eigenvalue weighted by Crippen LogP contribution is 2.34. The molecule has 0 bridgehead atoms. The Balaban J connectivity index is 1.61. The molecule has 1 aliphatic rings. The fourth-order valence-electron chi connectivity index (χ4n) is 3.36. The molecule has 0 unspecified atom stereocenters. The van der Waals surface area contributed by atoms with Gasteiger partial charge in [-0.15, -0.1) is 5.10 Å². The number of anilines is 1. The summed E-state index contributed by atoms with van der Waals surface area (Å²) in [5.74, 6) is -0.216. The third kappa shape index (κ3) is 5.15. The summed E-state index contributed by atoms with van der Waals surface area (Å²) < 4.78 is 0. The van der Waals surface area contributed by atoms with Gasteiger partial charge >= 0.3 is 0 Å². The lowest BCUT2D eigenvalue weighted by molar-refractivity contribution is -0.385. The van der Waals surface area contributed by atoms with E-state index < -0.39 is 15.1 Å². The molecule has 0 spiro atoms. The number of carbonyl (C=O) groups excluding carboxylic acids is 1. The molecule has 0 N–H and O–H groups in total. The normalized spacial score (nSPS) is 16.9. The Morgan fingerprint density at radius 3 is 2.29 bits per heavy atom. The number of para-hydroxylation sites is 1. The van der Waals surface area contributed by atoms with E-state index in [0.717, 1.165) is 0 Å². The average molecular weight is 475 g/mol. The van der Waals surface area contributed by atoms with Crippen LogP contribution in [0.15, 0.2) is 89.1 Å². The van der Waals surface area contributed by atoms with Crippen molar-refractivity contribution in [1.82, 2.24) is 0 Å². The van der Waals surface area contributed by atoms with Crippen molar-refractivity contribution in [1.29, 1.82) is 0 Å². The number of hydrogen-bond acceptors (Lipinski definition) is 8. The number of non-ortho nitro benzene ring substituents is 2. The molecule has 34 heavy (non-hydrogen) atoms. The van der Waals surface area contributed by atoms with E-state index in [0.29, 0.717) is 22.0 Å². The van der Waals surface area contributed by atoms with Gasteiger partial charge in [0.2, 0.25) is 5.91 Å². The van der Waals surface area contributed by atoms with Gasteiger partial charge in [0.25, 0.3) is 11.4 Å². The SMILES string of the molecule is O=C1[C@H](Cc2cccc([N+](=O)[O-])c2)S/C(=N/N=C\c2cccc([N+](=O)[O-])c2)N1c1ccccc1. The minimum absolute atomic E-state index is 0.0386. The minimum atomic E-state index is -0.547. The van der Waals surface area contributed by atoms with E-state index in [2.05, 4.69) is 10.2 Å². The minimum Gasteiger partial charge on any atom is -0.273 e. The van der Waals surface area contributed by atoms with Crippen LogP contribution in [0.5, 0.6) is 0 Å². The molecular weight excluding hydrogens is 458 g/mol. The van der Waals surface area contributed by atoms with Crippen molar-refractivity contribution in [2.75, 3.05) is 4.90 Å². The van der Waals surface area contributed by atoms with Crippen LogP contribution < -0.4 is 4.90 Å². The molecule has 3 aromatic carbocycles. The zero-order chi connectivity index (χ0) is 24.1. The number of benzene rings is 3. The number of carbonyl (C=O) groups is 1. The Morgan fingerprint density at radius 1 is 0.912 bits per heavy atom. The molecule has 1 atom stereocenters. The molecule has 10 nitrogen and oxygen atoms in total. The molecule has 1 saturated heterocycles. The topological polar surface area (TPSA) is 131 Å². The van der Waals surface area contributed by atoms with Gasteiger partial charge in [-0.2, -0.15) is 5.10 Å². The van der Waals surface area contributed by atoms with Gasteiger partial charge in [0.05, 0.1) is 27.0 Å². The summed E-state index contributed by atoms with van der Waals surface area (Å²) in [5, 5.41) is 30.1. The van der Waals surface area contributed by atoms with Gasteiger partial charge in [0.1, 0.15) is 0 Å². The number of rotatable bonds is 7. The first-order chi connectivity index (χ1) is 16.4. The Labute approximate surface area is 197 Å². The lowest BCUT2D eigenvalue weighted by Crippen LogP contribution is -2.32. The Bertz CT molecular complexity index is 1310. The number of hydrogen-bond donors (Lipinski definition) is 0. The Morgan fingerprint density at radius 2 is 1.59 bits per heavy atom. The van der Waals surface area contributed by atoms with Gasteiger partial charge in [-0.05, 0) is 24.1 Å². The maximum atomic E-state index is 13.3. The van der Waals surface area contributed by atoms with Crippen LogP contribution in [-0.2, 0) is 11.2 Å². The monoisotopic (exact) mass is 475 g/mol. The molecule has 1 heterocycles. The highest BCUT2D eigenvalue weighted by atomic mass is 32.2. The summed E-state index contributed by atoms with van der Waals surface area (Å²) in [5.41, 5.74) is 1.67. The fourth-order valence-corrected chi connectivity index (χ4v) is 4.49. The van der Waals surface area contributed by atoms with Crippen LogP contribution in [0.4, 0.5) is 17.1 Å². The van der Waals surface area contributed by atoms with Gasteiger partial charge in [0, 0.05) is 29.8 Å². The second-order valence-electron chi connectivity index (χ2n) is 7.23. The van der Waals surface area contributed by atoms with Crippen LogP contribution in [0.2, 0.25) is 0 Å². The van der Waals surface area contributed by atoms with Gasteiger partial charge in [0.15, 0.2) is 5.17 Å². The number of nitro benzene ring substituents is 2. The average Bonchev–Trinajstić information content (AvgIpc) is 3.14. The molecule has 0 aliphatic carbocycles. The molecule has 4 rings (SSSR count). The van der Waals surface area contributed by atoms with Crippen molar-refractivity contribution < 1.29 is 14.6 Å². The second kappa shape index (κ2) is 10.0. The third-order valence-corrected chi connectivity index (χ3v) is 6.05. The van der Waals surface area contributed by atoms with Crippen LogP contribution >= 0.6 is 11.8 Å². The molecule has 0 aromatic heterocycles. The number of thioether (sulfide) groups is 1. The summed E-state index contributed by atoms with van der Waals surface area (Å²) in [7, 11) is 0. The van der Waals surface area contributed by atoms with E-state index in [4.69, 9.17) is 0 Å². The second-order valence-corrected chi connectivity index (χ2v) is 8.40. The summed E-state index contributed by atoms with van der Waals surface area (Å²) in [4.78, 5) is 35.8. The van der Waals surface area contributed by atoms with Crippen LogP contribution in [0, 0.1) is 20.2 Å². The molecular formula is C23H17N5O5S. The van der Waals surface area contributed by atoms with Crippen molar-refractivity contribution in [3.8, 4) is 0 Å². The molecule has 3 aromatic rings. The maximum absolute atomic E-state index is 13.3. The van der Waals surface area contributed by atoms with E-state index in [1.54, 1.807) is 48.5 Å². The molecule has 1 fully saturated rings. The van der Waals surface area contributed by atoms with Gasteiger partial charge < -0.3 is 0 Å². The first-order valence-corrected chi connectivity index (χ1v) is 10.9. The number of amides is 1. The number of nitrogens with zero attached hydrogens (tertiary/aromatic N) is 5. The van der Waals surface area contributed by atoms with Crippen molar-refractivity contribution in [3.05, 3.63) is 110 Å². The van der Waals surface area contributed by atoms with E-state index in [9.17, 15) is 25.0 Å². The Kier molecular flexibility index (Phi) is 6.74. The van der Waals surface area contributed by atoms with Gasteiger partial charge in [-0.25, -0.2) is 0 Å². The highest BCUT2D eigenvalue weighted by molar-refractivity contribution is 8.16. The summed E-state index contributed by atoms with van der Waals surface area (Å²) in [6.07, 6.45) is 1.66. The molecule has 170 valence electrons. The third-order valence-electron chi connectivity index (χ3n) is 4.92. The van der Waals surface area contributed by atoms with Crippen LogP contribution in [0.25, 0.3) is 0 Å². The lowest BCUT2D eigenvalue weighted by Gasteiger charge is -2.15.